The first-order chi connectivity index (χ1) is 7.19. The number of nitriles is 1. The molecule has 0 aromatic heterocycles. The number of ether oxygens (including phenoxy) is 2. The zero-order chi connectivity index (χ0) is 11.3. The first-order valence-corrected chi connectivity index (χ1v) is 4.62. The van der Waals surface area contributed by atoms with Gasteiger partial charge in [-0.05, 0) is 24.6 Å². The van der Waals surface area contributed by atoms with Crippen molar-refractivity contribution in [2.45, 2.75) is 13.0 Å². The van der Waals surface area contributed by atoms with Crippen molar-refractivity contribution in [3.8, 4) is 17.6 Å². The van der Waals surface area contributed by atoms with Gasteiger partial charge in [0.1, 0.15) is 6.07 Å². The molecule has 0 spiro atoms. The van der Waals surface area contributed by atoms with Gasteiger partial charge in [-0.3, -0.25) is 0 Å². The third kappa shape index (κ3) is 2.86. The molecular weight excluding hydrogens is 192 g/mol. The topological polar surface area (TPSA) is 68.3 Å². The SMILES string of the molecule is COc1cc(C(C)N)ccc1OCC#N. The van der Waals surface area contributed by atoms with Crippen LogP contribution in [0.3, 0.4) is 0 Å². The third-order valence-corrected chi connectivity index (χ3v) is 2.01. The molecule has 0 aliphatic heterocycles. The van der Waals surface area contributed by atoms with Crippen molar-refractivity contribution in [1.29, 1.82) is 5.26 Å². The first kappa shape index (κ1) is 11.3. The van der Waals surface area contributed by atoms with Gasteiger partial charge in [0, 0.05) is 6.04 Å². The van der Waals surface area contributed by atoms with E-state index in [4.69, 9.17) is 20.5 Å². The molecule has 0 radical (unpaired) electrons. The smallest absolute Gasteiger partial charge is 0.174 e. The lowest BCUT2D eigenvalue weighted by molar-refractivity contribution is 0.329. The Labute approximate surface area is 89.2 Å². The number of nitrogens with zero attached hydrogens (tertiary/aromatic N) is 1. The molecule has 1 aromatic rings. The van der Waals surface area contributed by atoms with Gasteiger partial charge in [-0.1, -0.05) is 6.07 Å². The summed E-state index contributed by atoms with van der Waals surface area (Å²) in [6, 6.07) is 7.29. The number of hydrogen-bond acceptors (Lipinski definition) is 4. The van der Waals surface area contributed by atoms with Crippen molar-refractivity contribution in [1.82, 2.24) is 0 Å². The molecule has 0 saturated carbocycles. The second-order valence-corrected chi connectivity index (χ2v) is 3.15. The van der Waals surface area contributed by atoms with Gasteiger partial charge < -0.3 is 15.2 Å². The average Bonchev–Trinajstić information content (AvgIpc) is 2.25. The molecule has 0 heterocycles. The minimum absolute atomic E-state index is 0.00782. The zero-order valence-electron chi connectivity index (χ0n) is 8.86. The molecule has 1 aromatic carbocycles. The summed E-state index contributed by atoms with van der Waals surface area (Å²) in [7, 11) is 1.56. The normalized spacial score (nSPS) is 11.6. The van der Waals surface area contributed by atoms with Crippen LogP contribution < -0.4 is 15.2 Å². The quantitative estimate of drug-likeness (QED) is 0.812. The molecule has 0 aliphatic carbocycles. The number of rotatable bonds is 4. The van der Waals surface area contributed by atoms with E-state index in [2.05, 4.69) is 0 Å². The van der Waals surface area contributed by atoms with E-state index in [9.17, 15) is 0 Å². The van der Waals surface area contributed by atoms with Crippen LogP contribution in [0.1, 0.15) is 18.5 Å². The van der Waals surface area contributed by atoms with Crippen molar-refractivity contribution < 1.29 is 9.47 Å². The van der Waals surface area contributed by atoms with Crippen molar-refractivity contribution in [2.24, 2.45) is 5.73 Å². The maximum atomic E-state index is 8.40. The fourth-order valence-corrected chi connectivity index (χ4v) is 1.20. The maximum Gasteiger partial charge on any atom is 0.174 e. The molecule has 0 aliphatic rings. The van der Waals surface area contributed by atoms with E-state index in [-0.39, 0.29) is 12.6 Å². The first-order valence-electron chi connectivity index (χ1n) is 4.62. The Hall–Kier alpha value is -1.73. The fourth-order valence-electron chi connectivity index (χ4n) is 1.20. The van der Waals surface area contributed by atoms with Crippen LogP contribution >= 0.6 is 0 Å². The van der Waals surface area contributed by atoms with Gasteiger partial charge in [-0.15, -0.1) is 0 Å². The summed E-state index contributed by atoms with van der Waals surface area (Å²) >= 11 is 0. The molecule has 1 unspecified atom stereocenters. The van der Waals surface area contributed by atoms with Crippen molar-refractivity contribution in [2.75, 3.05) is 13.7 Å². The van der Waals surface area contributed by atoms with Crippen molar-refractivity contribution in [3.05, 3.63) is 23.8 Å². The molecule has 1 atom stereocenters. The van der Waals surface area contributed by atoms with E-state index in [0.717, 1.165) is 5.56 Å². The minimum Gasteiger partial charge on any atom is -0.493 e. The van der Waals surface area contributed by atoms with Crippen molar-refractivity contribution >= 4 is 0 Å². The highest BCUT2D eigenvalue weighted by atomic mass is 16.5. The summed E-state index contributed by atoms with van der Waals surface area (Å²) in [5.74, 6) is 1.16. The second-order valence-electron chi connectivity index (χ2n) is 3.15. The molecule has 4 heteroatoms. The molecular formula is C11H14N2O2. The third-order valence-electron chi connectivity index (χ3n) is 2.01. The highest BCUT2D eigenvalue weighted by Crippen LogP contribution is 2.29. The molecule has 0 amide bonds. The largest absolute Gasteiger partial charge is 0.493 e. The molecule has 2 N–H and O–H groups in total. The second kappa shape index (κ2) is 5.23. The predicted molar refractivity (Wildman–Crippen MR) is 56.7 cm³/mol. The van der Waals surface area contributed by atoms with Crippen LogP contribution in [0.5, 0.6) is 11.5 Å². The Morgan fingerprint density at radius 2 is 2.20 bits per heavy atom. The van der Waals surface area contributed by atoms with E-state index in [1.165, 1.54) is 0 Å². The molecule has 0 fully saturated rings. The predicted octanol–water partition coefficient (Wildman–Crippen LogP) is 1.62. The molecule has 80 valence electrons. The van der Waals surface area contributed by atoms with Crippen LogP contribution in [0.4, 0.5) is 0 Å². The summed E-state index contributed by atoms with van der Waals surface area (Å²) in [6.45, 7) is 1.90. The van der Waals surface area contributed by atoms with Gasteiger partial charge in [0.25, 0.3) is 0 Å². The monoisotopic (exact) mass is 206 g/mol. The molecule has 4 nitrogen and oxygen atoms in total. The lowest BCUT2D eigenvalue weighted by Crippen LogP contribution is -2.05. The Kier molecular flexibility index (Phi) is 3.95. The molecule has 15 heavy (non-hydrogen) atoms. The highest BCUT2D eigenvalue weighted by Gasteiger charge is 2.07. The lowest BCUT2D eigenvalue weighted by Gasteiger charge is -2.11. The van der Waals surface area contributed by atoms with Gasteiger partial charge in [-0.25, -0.2) is 0 Å². The van der Waals surface area contributed by atoms with Gasteiger partial charge in [0.05, 0.1) is 7.11 Å². The van der Waals surface area contributed by atoms with Crippen LogP contribution in [0.2, 0.25) is 0 Å². The van der Waals surface area contributed by atoms with Gasteiger partial charge in [0.15, 0.2) is 18.1 Å². The van der Waals surface area contributed by atoms with E-state index >= 15 is 0 Å². The Morgan fingerprint density at radius 3 is 2.73 bits per heavy atom. The molecule has 1 rings (SSSR count). The van der Waals surface area contributed by atoms with Crippen LogP contribution in [-0.2, 0) is 0 Å². The Bertz CT molecular complexity index is 369. The van der Waals surface area contributed by atoms with E-state index in [1.54, 1.807) is 13.2 Å². The maximum absolute atomic E-state index is 8.40. The molecule has 0 saturated heterocycles. The number of benzene rings is 1. The van der Waals surface area contributed by atoms with Gasteiger partial charge in [0.2, 0.25) is 0 Å². The van der Waals surface area contributed by atoms with E-state index < -0.39 is 0 Å². The van der Waals surface area contributed by atoms with Crippen LogP contribution in [0.15, 0.2) is 18.2 Å². The van der Waals surface area contributed by atoms with Crippen LogP contribution in [0.25, 0.3) is 0 Å². The zero-order valence-corrected chi connectivity index (χ0v) is 8.86. The van der Waals surface area contributed by atoms with E-state index in [0.29, 0.717) is 11.5 Å². The van der Waals surface area contributed by atoms with Crippen molar-refractivity contribution in [3.63, 3.8) is 0 Å². The standard InChI is InChI=1S/C11H14N2O2/c1-8(13)9-3-4-10(15-6-5-12)11(7-9)14-2/h3-4,7-8H,6,13H2,1-2H3. The summed E-state index contributed by atoms with van der Waals surface area (Å²) in [6.07, 6.45) is 0. The van der Waals surface area contributed by atoms with E-state index in [1.807, 2.05) is 25.1 Å². The number of hydrogen-bond donors (Lipinski definition) is 1. The van der Waals surface area contributed by atoms with Crippen LogP contribution in [0, 0.1) is 11.3 Å². The number of methoxy groups -OCH3 is 1. The summed E-state index contributed by atoms with van der Waals surface area (Å²) in [5.41, 5.74) is 6.71. The Morgan fingerprint density at radius 1 is 1.47 bits per heavy atom. The summed E-state index contributed by atoms with van der Waals surface area (Å²) < 4.78 is 10.3. The summed E-state index contributed by atoms with van der Waals surface area (Å²) in [5, 5.41) is 8.40. The summed E-state index contributed by atoms with van der Waals surface area (Å²) in [4.78, 5) is 0. The lowest BCUT2D eigenvalue weighted by atomic mass is 10.1. The average molecular weight is 206 g/mol. The molecule has 0 bridgehead atoms. The fraction of sp³-hybridized carbons (Fsp3) is 0.364. The highest BCUT2D eigenvalue weighted by molar-refractivity contribution is 5.43. The number of nitrogens with two attached hydrogens (primary N) is 1. The minimum atomic E-state index is -0.0519. The Balaban J connectivity index is 2.94. The van der Waals surface area contributed by atoms with Gasteiger partial charge >= 0.3 is 0 Å². The van der Waals surface area contributed by atoms with Crippen LogP contribution in [-0.4, -0.2) is 13.7 Å². The van der Waals surface area contributed by atoms with Gasteiger partial charge in [-0.2, -0.15) is 5.26 Å².